The van der Waals surface area contributed by atoms with Crippen molar-refractivity contribution in [2.24, 2.45) is 0 Å². The maximum atomic E-state index is 11.7. The lowest BCUT2D eigenvalue weighted by Crippen LogP contribution is -2.30. The zero-order chi connectivity index (χ0) is 14.9. The summed E-state index contributed by atoms with van der Waals surface area (Å²) in [4.78, 5) is 11.7. The molecule has 1 saturated carbocycles. The molecule has 1 aliphatic carbocycles. The normalized spacial score (nSPS) is 15.7. The van der Waals surface area contributed by atoms with Gasteiger partial charge >= 0.3 is 0 Å². The van der Waals surface area contributed by atoms with Gasteiger partial charge in [0.05, 0.1) is 12.3 Å². The molecule has 2 rings (SSSR count). The highest BCUT2D eigenvalue weighted by Gasteiger charge is 2.14. The number of hydrogen-bond donors (Lipinski definition) is 1. The average Bonchev–Trinajstić information content (AvgIpc) is 2.52. The molecule has 3 nitrogen and oxygen atoms in total. The number of carbonyl (C=O) groups excluding carboxylic acids is 1. The minimum Gasteiger partial charge on any atom is -0.492 e. The molecule has 21 heavy (non-hydrogen) atoms. The molecular formula is C16H22ClNO2S. The van der Waals surface area contributed by atoms with Gasteiger partial charge in [0.2, 0.25) is 5.91 Å². The van der Waals surface area contributed by atoms with E-state index in [0.29, 0.717) is 29.2 Å². The lowest BCUT2D eigenvalue weighted by molar-refractivity contribution is -0.118. The standard InChI is InChI=1S/C16H22ClNO2S/c17-13-6-8-14(9-7-13)20-11-10-18-16(19)12-21-15-4-2-1-3-5-15/h6-9,15H,1-5,10-12H2,(H,18,19). The number of nitrogens with one attached hydrogen (secondary N) is 1. The van der Waals surface area contributed by atoms with Crippen molar-refractivity contribution in [2.75, 3.05) is 18.9 Å². The van der Waals surface area contributed by atoms with E-state index in [-0.39, 0.29) is 5.91 Å². The van der Waals surface area contributed by atoms with E-state index < -0.39 is 0 Å². The Hall–Kier alpha value is -0.870. The molecular weight excluding hydrogens is 306 g/mol. The second-order valence-corrected chi connectivity index (χ2v) is 6.95. The van der Waals surface area contributed by atoms with Crippen molar-refractivity contribution in [1.82, 2.24) is 5.32 Å². The van der Waals surface area contributed by atoms with Gasteiger partial charge < -0.3 is 10.1 Å². The smallest absolute Gasteiger partial charge is 0.230 e. The second kappa shape index (κ2) is 9.21. The fourth-order valence-electron chi connectivity index (χ4n) is 2.37. The monoisotopic (exact) mass is 327 g/mol. The summed E-state index contributed by atoms with van der Waals surface area (Å²) < 4.78 is 5.53. The van der Waals surface area contributed by atoms with Gasteiger partial charge in [0.1, 0.15) is 12.4 Å². The summed E-state index contributed by atoms with van der Waals surface area (Å²) in [6.07, 6.45) is 6.50. The van der Waals surface area contributed by atoms with Gasteiger partial charge in [0, 0.05) is 10.3 Å². The van der Waals surface area contributed by atoms with Crippen LogP contribution in [-0.2, 0) is 4.79 Å². The molecule has 116 valence electrons. The van der Waals surface area contributed by atoms with Crippen molar-refractivity contribution < 1.29 is 9.53 Å². The highest BCUT2D eigenvalue weighted by molar-refractivity contribution is 8.00. The van der Waals surface area contributed by atoms with E-state index in [9.17, 15) is 4.79 Å². The average molecular weight is 328 g/mol. The lowest BCUT2D eigenvalue weighted by atomic mass is 10.0. The summed E-state index contributed by atoms with van der Waals surface area (Å²) >= 11 is 7.59. The number of amides is 1. The molecule has 0 spiro atoms. The quantitative estimate of drug-likeness (QED) is 0.772. The molecule has 0 saturated heterocycles. The molecule has 1 aromatic carbocycles. The highest BCUT2D eigenvalue weighted by atomic mass is 35.5. The topological polar surface area (TPSA) is 38.3 Å². The zero-order valence-electron chi connectivity index (χ0n) is 12.1. The number of hydrogen-bond acceptors (Lipinski definition) is 3. The molecule has 0 bridgehead atoms. The number of carbonyl (C=O) groups is 1. The SMILES string of the molecule is O=C(CSC1CCCCC1)NCCOc1ccc(Cl)cc1. The fourth-order valence-corrected chi connectivity index (χ4v) is 3.65. The third-order valence-electron chi connectivity index (χ3n) is 3.51. The number of halogens is 1. The van der Waals surface area contributed by atoms with Gasteiger partial charge in [0.25, 0.3) is 0 Å². The van der Waals surface area contributed by atoms with Crippen LogP contribution in [0.1, 0.15) is 32.1 Å². The summed E-state index contributed by atoms with van der Waals surface area (Å²) in [6, 6.07) is 7.22. The Morgan fingerprint density at radius 1 is 1.24 bits per heavy atom. The van der Waals surface area contributed by atoms with E-state index >= 15 is 0 Å². The molecule has 1 amide bonds. The predicted molar refractivity (Wildman–Crippen MR) is 89.3 cm³/mol. The fraction of sp³-hybridized carbons (Fsp3) is 0.562. The molecule has 5 heteroatoms. The van der Waals surface area contributed by atoms with Crippen molar-refractivity contribution in [2.45, 2.75) is 37.4 Å². The minimum absolute atomic E-state index is 0.102. The Kier molecular flexibility index (Phi) is 7.24. The van der Waals surface area contributed by atoms with Crippen molar-refractivity contribution in [3.63, 3.8) is 0 Å². The third kappa shape index (κ3) is 6.62. The van der Waals surface area contributed by atoms with Crippen LogP contribution in [0.4, 0.5) is 0 Å². The maximum Gasteiger partial charge on any atom is 0.230 e. The van der Waals surface area contributed by atoms with Crippen LogP contribution in [0.3, 0.4) is 0 Å². The summed E-state index contributed by atoms with van der Waals surface area (Å²) in [5, 5.41) is 4.26. The first-order valence-electron chi connectivity index (χ1n) is 7.51. The van der Waals surface area contributed by atoms with E-state index in [1.165, 1.54) is 32.1 Å². The van der Waals surface area contributed by atoms with Crippen LogP contribution < -0.4 is 10.1 Å². The van der Waals surface area contributed by atoms with Gasteiger partial charge in [-0.3, -0.25) is 4.79 Å². The van der Waals surface area contributed by atoms with Gasteiger partial charge in [0.15, 0.2) is 0 Å². The molecule has 0 aliphatic heterocycles. The van der Waals surface area contributed by atoms with Crippen LogP contribution in [-0.4, -0.2) is 30.1 Å². The first-order chi connectivity index (χ1) is 10.2. The van der Waals surface area contributed by atoms with Crippen molar-refractivity contribution >= 4 is 29.3 Å². The summed E-state index contributed by atoms with van der Waals surface area (Å²) in [6.45, 7) is 1.01. The van der Waals surface area contributed by atoms with E-state index in [2.05, 4.69) is 5.32 Å². The number of thioether (sulfide) groups is 1. The molecule has 1 aromatic rings. The van der Waals surface area contributed by atoms with Gasteiger partial charge in [-0.1, -0.05) is 30.9 Å². The van der Waals surface area contributed by atoms with Crippen LogP contribution in [0.15, 0.2) is 24.3 Å². The van der Waals surface area contributed by atoms with E-state index in [1.807, 2.05) is 12.1 Å². The van der Waals surface area contributed by atoms with Crippen molar-refractivity contribution in [1.29, 1.82) is 0 Å². The Morgan fingerprint density at radius 3 is 2.67 bits per heavy atom. The van der Waals surface area contributed by atoms with Crippen molar-refractivity contribution in [3.8, 4) is 5.75 Å². The summed E-state index contributed by atoms with van der Waals surface area (Å²) in [5.41, 5.74) is 0. The van der Waals surface area contributed by atoms with Crippen LogP contribution in [0.25, 0.3) is 0 Å². The molecule has 0 radical (unpaired) electrons. The largest absolute Gasteiger partial charge is 0.492 e. The molecule has 1 N–H and O–H groups in total. The van der Waals surface area contributed by atoms with Gasteiger partial charge in [-0.2, -0.15) is 0 Å². The molecule has 1 aliphatic rings. The van der Waals surface area contributed by atoms with Gasteiger partial charge in [-0.05, 0) is 37.1 Å². The lowest BCUT2D eigenvalue weighted by Gasteiger charge is -2.20. The first kappa shape index (κ1) is 16.5. The Labute approximate surface area is 135 Å². The number of benzene rings is 1. The van der Waals surface area contributed by atoms with Gasteiger partial charge in [-0.25, -0.2) is 0 Å². The zero-order valence-corrected chi connectivity index (χ0v) is 13.7. The maximum absolute atomic E-state index is 11.7. The number of rotatable bonds is 7. The molecule has 0 aromatic heterocycles. The Bertz CT molecular complexity index is 432. The summed E-state index contributed by atoms with van der Waals surface area (Å²) in [7, 11) is 0. The summed E-state index contributed by atoms with van der Waals surface area (Å²) in [5.74, 6) is 1.43. The Morgan fingerprint density at radius 2 is 1.95 bits per heavy atom. The van der Waals surface area contributed by atoms with Crippen LogP contribution in [0.2, 0.25) is 5.02 Å². The van der Waals surface area contributed by atoms with Crippen LogP contribution in [0, 0.1) is 0 Å². The van der Waals surface area contributed by atoms with Crippen molar-refractivity contribution in [3.05, 3.63) is 29.3 Å². The van der Waals surface area contributed by atoms with Crippen LogP contribution in [0.5, 0.6) is 5.75 Å². The van der Waals surface area contributed by atoms with E-state index in [0.717, 1.165) is 5.75 Å². The number of ether oxygens (including phenoxy) is 1. The van der Waals surface area contributed by atoms with Crippen LogP contribution >= 0.6 is 23.4 Å². The highest BCUT2D eigenvalue weighted by Crippen LogP contribution is 2.27. The molecule has 1 fully saturated rings. The minimum atomic E-state index is 0.102. The molecule has 0 atom stereocenters. The van der Waals surface area contributed by atoms with Gasteiger partial charge in [-0.15, -0.1) is 11.8 Å². The third-order valence-corrected chi connectivity index (χ3v) is 5.13. The molecule has 0 unspecified atom stereocenters. The second-order valence-electron chi connectivity index (χ2n) is 5.22. The molecule has 0 heterocycles. The Balaban J connectivity index is 1.53. The van der Waals surface area contributed by atoms with E-state index in [4.69, 9.17) is 16.3 Å². The van der Waals surface area contributed by atoms with E-state index in [1.54, 1.807) is 23.9 Å². The first-order valence-corrected chi connectivity index (χ1v) is 8.93. The predicted octanol–water partition coefficient (Wildman–Crippen LogP) is 3.90.